The molecule has 0 aliphatic heterocycles. The van der Waals surface area contributed by atoms with Crippen molar-refractivity contribution in [3.05, 3.63) is 59.2 Å². The van der Waals surface area contributed by atoms with Gasteiger partial charge in [-0.3, -0.25) is 4.79 Å². The second-order valence-corrected chi connectivity index (χ2v) is 4.97. The van der Waals surface area contributed by atoms with Crippen molar-refractivity contribution in [3.8, 4) is 5.75 Å². The van der Waals surface area contributed by atoms with E-state index in [0.717, 1.165) is 22.4 Å². The number of oxime groups is 1. The molecule has 0 heterocycles. The van der Waals surface area contributed by atoms with Gasteiger partial charge in [0.05, 0.1) is 6.21 Å². The third kappa shape index (κ3) is 4.34. The summed E-state index contributed by atoms with van der Waals surface area (Å²) in [4.78, 5) is 11.9. The van der Waals surface area contributed by atoms with Gasteiger partial charge < -0.3 is 15.3 Å². The molecule has 0 aromatic heterocycles. The van der Waals surface area contributed by atoms with Gasteiger partial charge in [-0.1, -0.05) is 22.9 Å². The maximum Gasteiger partial charge on any atom is 0.262 e. The number of nitrogens with zero attached hydrogens (tertiary/aromatic N) is 1. The van der Waals surface area contributed by atoms with Crippen LogP contribution < -0.4 is 10.1 Å². The normalized spacial score (nSPS) is 10.6. The average Bonchev–Trinajstić information content (AvgIpc) is 2.50. The first-order valence-corrected chi connectivity index (χ1v) is 6.86. The van der Waals surface area contributed by atoms with Crippen LogP contribution in [0.15, 0.2) is 47.6 Å². The largest absolute Gasteiger partial charge is 0.484 e. The highest BCUT2D eigenvalue weighted by molar-refractivity contribution is 5.92. The summed E-state index contributed by atoms with van der Waals surface area (Å²) in [5.74, 6) is 0.360. The fourth-order valence-corrected chi connectivity index (χ4v) is 2.01. The van der Waals surface area contributed by atoms with E-state index in [1.807, 2.05) is 32.0 Å². The van der Waals surface area contributed by atoms with E-state index in [1.165, 1.54) is 6.21 Å². The molecule has 2 rings (SSSR count). The van der Waals surface area contributed by atoms with Gasteiger partial charge in [-0.2, -0.15) is 0 Å². The maximum atomic E-state index is 11.9. The van der Waals surface area contributed by atoms with Crippen molar-refractivity contribution in [3.63, 3.8) is 0 Å². The number of aryl methyl sites for hydroxylation is 2. The monoisotopic (exact) mass is 298 g/mol. The van der Waals surface area contributed by atoms with Crippen LogP contribution >= 0.6 is 0 Å². The number of hydrogen-bond donors (Lipinski definition) is 2. The minimum absolute atomic E-state index is 0.0687. The Morgan fingerprint density at radius 2 is 1.95 bits per heavy atom. The highest BCUT2D eigenvalue weighted by Crippen LogP contribution is 2.16. The van der Waals surface area contributed by atoms with Crippen molar-refractivity contribution >= 4 is 17.8 Å². The van der Waals surface area contributed by atoms with Gasteiger partial charge in [-0.15, -0.1) is 0 Å². The zero-order valence-corrected chi connectivity index (χ0v) is 12.5. The van der Waals surface area contributed by atoms with Crippen LogP contribution in [0.1, 0.15) is 16.7 Å². The lowest BCUT2D eigenvalue weighted by atomic mass is 10.1. The Balaban J connectivity index is 1.89. The first-order chi connectivity index (χ1) is 10.6. The van der Waals surface area contributed by atoms with Crippen molar-refractivity contribution in [1.82, 2.24) is 0 Å². The summed E-state index contributed by atoms with van der Waals surface area (Å²) in [6, 6.07) is 12.7. The summed E-state index contributed by atoms with van der Waals surface area (Å²) >= 11 is 0. The summed E-state index contributed by atoms with van der Waals surface area (Å²) < 4.78 is 5.42. The fourth-order valence-electron chi connectivity index (χ4n) is 2.01. The Labute approximate surface area is 129 Å². The van der Waals surface area contributed by atoms with Gasteiger partial charge in [0.15, 0.2) is 6.61 Å². The molecule has 2 aromatic carbocycles. The Morgan fingerprint density at radius 1 is 1.23 bits per heavy atom. The molecule has 2 aromatic rings. The van der Waals surface area contributed by atoms with Crippen molar-refractivity contribution in [1.29, 1.82) is 0 Å². The zero-order valence-electron chi connectivity index (χ0n) is 12.5. The first-order valence-electron chi connectivity index (χ1n) is 6.86. The Kier molecular flexibility index (Phi) is 5.14. The lowest BCUT2D eigenvalue weighted by molar-refractivity contribution is -0.118. The van der Waals surface area contributed by atoms with Crippen LogP contribution in [-0.4, -0.2) is 23.9 Å². The molecule has 5 nitrogen and oxygen atoms in total. The molecule has 114 valence electrons. The average molecular weight is 298 g/mol. The second kappa shape index (κ2) is 7.26. The smallest absolute Gasteiger partial charge is 0.262 e. The molecule has 0 saturated carbocycles. The van der Waals surface area contributed by atoms with Gasteiger partial charge in [-0.25, -0.2) is 0 Å². The topological polar surface area (TPSA) is 70.9 Å². The predicted molar refractivity (Wildman–Crippen MR) is 85.9 cm³/mol. The molecule has 0 unspecified atom stereocenters. The quantitative estimate of drug-likeness (QED) is 0.506. The van der Waals surface area contributed by atoms with Crippen LogP contribution in [0, 0.1) is 13.8 Å². The van der Waals surface area contributed by atoms with E-state index in [9.17, 15) is 4.79 Å². The van der Waals surface area contributed by atoms with Crippen LogP contribution in [-0.2, 0) is 4.79 Å². The minimum Gasteiger partial charge on any atom is -0.484 e. The molecular formula is C17H18N2O3. The number of hydrogen-bond acceptors (Lipinski definition) is 4. The summed E-state index contributed by atoms with van der Waals surface area (Å²) in [6.45, 7) is 3.89. The van der Waals surface area contributed by atoms with Gasteiger partial charge in [0.1, 0.15) is 5.75 Å². The maximum absolute atomic E-state index is 11.9. The van der Waals surface area contributed by atoms with Crippen molar-refractivity contribution in [2.24, 2.45) is 5.16 Å². The fraction of sp³-hybridized carbons (Fsp3) is 0.176. The van der Waals surface area contributed by atoms with E-state index in [0.29, 0.717) is 5.75 Å². The molecule has 0 aliphatic rings. The van der Waals surface area contributed by atoms with Gasteiger partial charge in [0, 0.05) is 5.69 Å². The zero-order chi connectivity index (χ0) is 15.9. The van der Waals surface area contributed by atoms with Crippen molar-refractivity contribution in [2.45, 2.75) is 13.8 Å². The summed E-state index contributed by atoms with van der Waals surface area (Å²) in [6.07, 6.45) is 1.32. The van der Waals surface area contributed by atoms with E-state index in [-0.39, 0.29) is 12.5 Å². The number of amides is 1. The molecule has 0 fully saturated rings. The number of ether oxygens (including phenoxy) is 1. The molecule has 5 heteroatoms. The SMILES string of the molecule is Cc1ccc(NC(=O)COc2ccc(/C=N/O)cc2)c(C)c1. The van der Waals surface area contributed by atoms with Gasteiger partial charge >= 0.3 is 0 Å². The molecule has 0 aliphatic carbocycles. The third-order valence-corrected chi connectivity index (χ3v) is 3.11. The molecule has 2 N–H and O–H groups in total. The van der Waals surface area contributed by atoms with Crippen LogP contribution in [0.2, 0.25) is 0 Å². The second-order valence-electron chi connectivity index (χ2n) is 4.97. The number of benzene rings is 2. The molecule has 0 bridgehead atoms. The lowest BCUT2D eigenvalue weighted by Gasteiger charge is -2.10. The van der Waals surface area contributed by atoms with E-state index in [2.05, 4.69) is 10.5 Å². The molecule has 0 atom stereocenters. The van der Waals surface area contributed by atoms with E-state index < -0.39 is 0 Å². The summed E-state index contributed by atoms with van der Waals surface area (Å²) in [7, 11) is 0. The first kappa shape index (κ1) is 15.6. The number of anilines is 1. The molecule has 1 amide bonds. The number of nitrogens with one attached hydrogen (secondary N) is 1. The number of carbonyl (C=O) groups is 1. The lowest BCUT2D eigenvalue weighted by Crippen LogP contribution is -2.20. The molecule has 0 radical (unpaired) electrons. The Hall–Kier alpha value is -2.82. The van der Waals surface area contributed by atoms with E-state index in [4.69, 9.17) is 9.94 Å². The predicted octanol–water partition coefficient (Wildman–Crippen LogP) is 3.13. The number of rotatable bonds is 5. The van der Waals surface area contributed by atoms with Crippen LogP contribution in [0.4, 0.5) is 5.69 Å². The van der Waals surface area contributed by atoms with Crippen molar-refractivity contribution < 1.29 is 14.7 Å². The molecular weight excluding hydrogens is 280 g/mol. The summed E-state index contributed by atoms with van der Waals surface area (Å²) in [5.41, 5.74) is 3.70. The Morgan fingerprint density at radius 3 is 2.59 bits per heavy atom. The molecule has 0 saturated heterocycles. The van der Waals surface area contributed by atoms with Crippen LogP contribution in [0.5, 0.6) is 5.75 Å². The molecule has 22 heavy (non-hydrogen) atoms. The minimum atomic E-state index is -0.215. The number of carbonyl (C=O) groups excluding carboxylic acids is 1. The highest BCUT2D eigenvalue weighted by Gasteiger charge is 2.06. The third-order valence-electron chi connectivity index (χ3n) is 3.11. The van der Waals surface area contributed by atoms with Gasteiger partial charge in [0.2, 0.25) is 0 Å². The Bertz CT molecular complexity index is 679. The standard InChI is InChI=1S/C17H18N2O3/c1-12-3-8-16(13(2)9-12)19-17(20)11-22-15-6-4-14(5-7-15)10-18-21/h3-10,21H,11H2,1-2H3,(H,19,20)/b18-10+. The van der Waals surface area contributed by atoms with E-state index in [1.54, 1.807) is 24.3 Å². The van der Waals surface area contributed by atoms with Crippen molar-refractivity contribution in [2.75, 3.05) is 11.9 Å². The summed E-state index contributed by atoms with van der Waals surface area (Å²) in [5, 5.41) is 14.2. The van der Waals surface area contributed by atoms with Crippen LogP contribution in [0.25, 0.3) is 0 Å². The van der Waals surface area contributed by atoms with Gasteiger partial charge in [0.25, 0.3) is 5.91 Å². The highest BCUT2D eigenvalue weighted by atomic mass is 16.5. The van der Waals surface area contributed by atoms with E-state index >= 15 is 0 Å². The molecule has 0 spiro atoms. The van der Waals surface area contributed by atoms with Crippen LogP contribution in [0.3, 0.4) is 0 Å². The van der Waals surface area contributed by atoms with Gasteiger partial charge in [-0.05, 0) is 55.3 Å².